The Morgan fingerprint density at radius 3 is 2.50 bits per heavy atom. The Morgan fingerprint density at radius 2 is 1.89 bits per heavy atom. The highest BCUT2D eigenvalue weighted by Crippen LogP contribution is 2.34. The fraction of sp³-hybridized carbons (Fsp3) is 1.00. The summed E-state index contributed by atoms with van der Waals surface area (Å²) in [5, 5.41) is 3.66. The minimum atomic E-state index is 0.778. The maximum Gasteiger partial charge on any atom is 0.0462 e. The summed E-state index contributed by atoms with van der Waals surface area (Å²) >= 11 is 0. The van der Waals surface area contributed by atoms with Crippen LogP contribution in [0.3, 0.4) is 0 Å². The van der Waals surface area contributed by atoms with Crippen LogP contribution in [0.5, 0.6) is 0 Å². The Balaban J connectivity index is 1.80. The van der Waals surface area contributed by atoms with E-state index >= 15 is 0 Å². The van der Waals surface area contributed by atoms with Crippen LogP contribution >= 0.6 is 0 Å². The smallest absolute Gasteiger partial charge is 0.0462 e. The van der Waals surface area contributed by atoms with Crippen LogP contribution in [0.4, 0.5) is 0 Å². The summed E-state index contributed by atoms with van der Waals surface area (Å²) in [5.41, 5.74) is 0. The molecular weight excluding hydrogens is 224 g/mol. The molecule has 106 valence electrons. The first-order valence-electron chi connectivity index (χ1n) is 7.83. The van der Waals surface area contributed by atoms with Gasteiger partial charge < -0.3 is 10.1 Å². The van der Waals surface area contributed by atoms with Crippen LogP contribution in [0.1, 0.15) is 51.9 Å². The third-order valence-corrected chi connectivity index (χ3v) is 4.63. The molecule has 0 spiro atoms. The van der Waals surface area contributed by atoms with Crippen LogP contribution in [0, 0.1) is 0 Å². The zero-order valence-electron chi connectivity index (χ0n) is 12.2. The number of fused-ring (bicyclic) bond motifs is 2. The third kappa shape index (κ3) is 3.69. The lowest BCUT2D eigenvalue weighted by atomic mass is 9.81. The first kappa shape index (κ1) is 14.3. The van der Waals surface area contributed by atoms with E-state index in [0.29, 0.717) is 0 Å². The average molecular weight is 254 g/mol. The van der Waals surface area contributed by atoms with Gasteiger partial charge in [0.05, 0.1) is 0 Å². The highest BCUT2D eigenvalue weighted by Gasteiger charge is 2.37. The van der Waals surface area contributed by atoms with E-state index in [4.69, 9.17) is 4.74 Å². The highest BCUT2D eigenvalue weighted by molar-refractivity contribution is 4.94. The predicted molar refractivity (Wildman–Crippen MR) is 75.9 cm³/mol. The summed E-state index contributed by atoms with van der Waals surface area (Å²) < 4.78 is 5.15. The minimum Gasteiger partial charge on any atom is -0.385 e. The van der Waals surface area contributed by atoms with Gasteiger partial charge in [0.15, 0.2) is 0 Å². The molecule has 2 fully saturated rings. The predicted octanol–water partition coefficient (Wildman–Crippen LogP) is 2.41. The van der Waals surface area contributed by atoms with E-state index in [1.807, 2.05) is 0 Å². The number of nitrogens with zero attached hydrogens (tertiary/aromatic N) is 1. The number of nitrogens with one attached hydrogen (secondary N) is 1. The molecule has 18 heavy (non-hydrogen) atoms. The van der Waals surface area contributed by atoms with Gasteiger partial charge in [0, 0.05) is 31.8 Å². The van der Waals surface area contributed by atoms with Crippen LogP contribution in [0.2, 0.25) is 0 Å². The molecule has 2 atom stereocenters. The van der Waals surface area contributed by atoms with Gasteiger partial charge in [0.25, 0.3) is 0 Å². The fourth-order valence-electron chi connectivity index (χ4n) is 3.84. The molecule has 0 aromatic carbocycles. The molecule has 0 aromatic rings. The lowest BCUT2D eigenvalue weighted by Crippen LogP contribution is -2.56. The highest BCUT2D eigenvalue weighted by atomic mass is 16.5. The van der Waals surface area contributed by atoms with Gasteiger partial charge in [-0.05, 0) is 51.6 Å². The number of hydrogen-bond acceptors (Lipinski definition) is 3. The van der Waals surface area contributed by atoms with Crippen LogP contribution in [0.25, 0.3) is 0 Å². The van der Waals surface area contributed by atoms with Crippen molar-refractivity contribution in [1.82, 2.24) is 10.2 Å². The zero-order chi connectivity index (χ0) is 12.8. The van der Waals surface area contributed by atoms with Crippen molar-refractivity contribution >= 4 is 0 Å². The Hall–Kier alpha value is -0.120. The molecule has 2 aliphatic heterocycles. The summed E-state index contributed by atoms with van der Waals surface area (Å²) in [6.07, 6.45) is 9.53. The number of methoxy groups -OCH3 is 1. The van der Waals surface area contributed by atoms with Gasteiger partial charge in [-0.25, -0.2) is 0 Å². The normalized spacial score (nSPS) is 32.7. The fourth-order valence-corrected chi connectivity index (χ4v) is 3.84. The molecule has 0 saturated carbocycles. The van der Waals surface area contributed by atoms with Crippen LogP contribution in [0.15, 0.2) is 0 Å². The molecule has 2 bridgehead atoms. The van der Waals surface area contributed by atoms with Gasteiger partial charge in [0.2, 0.25) is 0 Å². The molecule has 2 unspecified atom stereocenters. The Labute approximate surface area is 112 Å². The van der Waals surface area contributed by atoms with Gasteiger partial charge in [-0.1, -0.05) is 13.3 Å². The molecule has 2 heterocycles. The lowest BCUT2D eigenvalue weighted by molar-refractivity contribution is 0.0223. The molecule has 0 radical (unpaired) electrons. The Morgan fingerprint density at radius 1 is 1.17 bits per heavy atom. The number of unbranched alkanes of at least 4 members (excludes halogenated alkanes) is 1. The summed E-state index contributed by atoms with van der Waals surface area (Å²) in [5.74, 6) is 0. The quantitative estimate of drug-likeness (QED) is 0.706. The van der Waals surface area contributed by atoms with Gasteiger partial charge in [-0.3, -0.25) is 4.90 Å². The second-order valence-corrected chi connectivity index (χ2v) is 5.90. The van der Waals surface area contributed by atoms with E-state index in [1.54, 1.807) is 7.11 Å². The molecule has 3 heteroatoms. The zero-order valence-corrected chi connectivity index (χ0v) is 12.2. The van der Waals surface area contributed by atoms with Crippen molar-refractivity contribution < 1.29 is 4.74 Å². The molecule has 0 aromatic heterocycles. The largest absolute Gasteiger partial charge is 0.385 e. The number of piperidine rings is 2. The summed E-state index contributed by atoms with van der Waals surface area (Å²) in [4.78, 5) is 2.81. The first-order valence-corrected chi connectivity index (χ1v) is 7.83. The Kier molecular flexibility index (Phi) is 5.93. The summed E-state index contributed by atoms with van der Waals surface area (Å²) in [6.45, 7) is 5.56. The van der Waals surface area contributed by atoms with Gasteiger partial charge in [-0.2, -0.15) is 0 Å². The number of hydrogen-bond donors (Lipinski definition) is 1. The molecule has 2 rings (SSSR count). The summed E-state index contributed by atoms with van der Waals surface area (Å²) in [7, 11) is 1.80. The second kappa shape index (κ2) is 7.46. The molecule has 2 aliphatic rings. The van der Waals surface area contributed by atoms with Crippen molar-refractivity contribution in [2.75, 3.05) is 26.8 Å². The molecule has 0 aliphatic carbocycles. The van der Waals surface area contributed by atoms with E-state index in [9.17, 15) is 0 Å². The van der Waals surface area contributed by atoms with Gasteiger partial charge in [-0.15, -0.1) is 0 Å². The van der Waals surface area contributed by atoms with Crippen molar-refractivity contribution in [3.63, 3.8) is 0 Å². The van der Waals surface area contributed by atoms with Crippen molar-refractivity contribution in [3.05, 3.63) is 0 Å². The first-order chi connectivity index (χ1) is 8.85. The van der Waals surface area contributed by atoms with Crippen molar-refractivity contribution in [2.24, 2.45) is 0 Å². The lowest BCUT2D eigenvalue weighted by Gasteiger charge is -2.49. The number of rotatable bonds is 7. The van der Waals surface area contributed by atoms with Crippen LogP contribution in [-0.2, 0) is 4.74 Å². The maximum absolute atomic E-state index is 5.15. The van der Waals surface area contributed by atoms with E-state index in [1.165, 1.54) is 51.5 Å². The topological polar surface area (TPSA) is 24.5 Å². The SMILES string of the molecule is CCNC1CC2CCCC(C1)N2CCCCOC. The molecule has 3 nitrogen and oxygen atoms in total. The van der Waals surface area contributed by atoms with Gasteiger partial charge >= 0.3 is 0 Å². The van der Waals surface area contributed by atoms with Crippen LogP contribution in [-0.4, -0.2) is 49.8 Å². The van der Waals surface area contributed by atoms with E-state index in [0.717, 1.165) is 31.3 Å². The van der Waals surface area contributed by atoms with E-state index in [2.05, 4.69) is 17.1 Å². The molecular formula is C15H30N2O. The average Bonchev–Trinajstić information content (AvgIpc) is 2.35. The molecule has 1 N–H and O–H groups in total. The monoisotopic (exact) mass is 254 g/mol. The second-order valence-electron chi connectivity index (χ2n) is 5.90. The standard InChI is InChI=1S/C15H30N2O/c1-3-16-13-11-14-7-6-8-15(12-13)17(14)9-4-5-10-18-2/h13-16H,3-12H2,1-2H3. The van der Waals surface area contributed by atoms with Crippen molar-refractivity contribution in [3.8, 4) is 0 Å². The number of ether oxygens (including phenoxy) is 1. The minimum absolute atomic E-state index is 0.778. The van der Waals surface area contributed by atoms with Crippen LogP contribution < -0.4 is 5.32 Å². The third-order valence-electron chi connectivity index (χ3n) is 4.63. The summed E-state index contributed by atoms with van der Waals surface area (Å²) in [6, 6.07) is 2.48. The van der Waals surface area contributed by atoms with Crippen molar-refractivity contribution in [1.29, 1.82) is 0 Å². The Bertz CT molecular complexity index is 221. The maximum atomic E-state index is 5.15. The van der Waals surface area contributed by atoms with E-state index in [-0.39, 0.29) is 0 Å². The van der Waals surface area contributed by atoms with Crippen molar-refractivity contribution in [2.45, 2.75) is 70.0 Å². The molecule has 0 amide bonds. The van der Waals surface area contributed by atoms with Gasteiger partial charge in [0.1, 0.15) is 0 Å². The molecule has 2 saturated heterocycles. The van der Waals surface area contributed by atoms with E-state index < -0.39 is 0 Å².